The van der Waals surface area contributed by atoms with Crippen LogP contribution in [0.1, 0.15) is 48.0 Å². The molecular weight excluding hydrogens is 326 g/mol. The first kappa shape index (κ1) is 18.9. The Bertz CT molecular complexity index is 629. The van der Waals surface area contributed by atoms with Gasteiger partial charge < -0.3 is 10.2 Å². The molecule has 5 heteroatoms. The molecule has 0 spiro atoms. The van der Waals surface area contributed by atoms with E-state index >= 15 is 0 Å². The molecule has 0 radical (unpaired) electrons. The van der Waals surface area contributed by atoms with Gasteiger partial charge in [0.05, 0.1) is 6.54 Å². The third-order valence-corrected chi connectivity index (χ3v) is 5.94. The number of carbonyl (C=O) groups excluding carboxylic acids is 2. The molecule has 1 N–H and O–H groups in total. The number of likely N-dealkylation sites (N-methyl/N-ethyl adjacent to an activating group) is 1. The number of carbonyl (C=O) groups is 2. The monoisotopic (exact) mass is 357 g/mol. The van der Waals surface area contributed by atoms with Gasteiger partial charge in [-0.15, -0.1) is 0 Å². The summed E-state index contributed by atoms with van der Waals surface area (Å²) in [6, 6.07) is 7.58. The summed E-state index contributed by atoms with van der Waals surface area (Å²) in [4.78, 5) is 28.4. The number of hydrogen-bond acceptors (Lipinski definition) is 3. The maximum atomic E-state index is 12.7. The van der Waals surface area contributed by atoms with Crippen LogP contribution in [0.3, 0.4) is 0 Å². The molecule has 1 aromatic carbocycles. The molecule has 1 aromatic rings. The molecule has 2 amide bonds. The molecule has 142 valence electrons. The Balaban J connectivity index is 1.49. The first-order valence-corrected chi connectivity index (χ1v) is 9.84. The number of likely N-dealkylation sites (tertiary alicyclic amines) is 1. The fraction of sp³-hybridized carbons (Fsp3) is 0.619. The van der Waals surface area contributed by atoms with Crippen molar-refractivity contribution in [2.75, 3.05) is 33.7 Å². The van der Waals surface area contributed by atoms with Crippen molar-refractivity contribution in [1.82, 2.24) is 15.1 Å². The number of nitrogens with zero attached hydrogens (tertiary/aromatic N) is 2. The normalized spacial score (nSPS) is 22.8. The van der Waals surface area contributed by atoms with E-state index in [1.165, 1.54) is 32.1 Å². The van der Waals surface area contributed by atoms with Gasteiger partial charge >= 0.3 is 0 Å². The topological polar surface area (TPSA) is 52.7 Å². The van der Waals surface area contributed by atoms with Crippen LogP contribution in [0.2, 0.25) is 0 Å². The summed E-state index contributed by atoms with van der Waals surface area (Å²) in [6.45, 7) is 3.04. The Morgan fingerprint density at radius 3 is 2.50 bits per heavy atom. The van der Waals surface area contributed by atoms with E-state index in [2.05, 4.69) is 15.1 Å². The average Bonchev–Trinajstić information content (AvgIpc) is 2.67. The SMILES string of the molecule is CNC(=O)c1ccc(CN(C)CC(=O)N2CC[C@H]3CCCC[C@@H]3C2)cc1. The van der Waals surface area contributed by atoms with Crippen LogP contribution in [0.25, 0.3) is 0 Å². The smallest absolute Gasteiger partial charge is 0.251 e. The first-order chi connectivity index (χ1) is 12.6. The van der Waals surface area contributed by atoms with Crippen LogP contribution in [0.4, 0.5) is 0 Å². The van der Waals surface area contributed by atoms with E-state index in [1.54, 1.807) is 7.05 Å². The molecule has 2 fully saturated rings. The van der Waals surface area contributed by atoms with E-state index in [9.17, 15) is 9.59 Å². The number of nitrogens with one attached hydrogen (secondary N) is 1. The minimum absolute atomic E-state index is 0.0776. The molecule has 0 aromatic heterocycles. The lowest BCUT2D eigenvalue weighted by Crippen LogP contribution is -2.47. The van der Waals surface area contributed by atoms with Gasteiger partial charge in [-0.3, -0.25) is 14.5 Å². The minimum Gasteiger partial charge on any atom is -0.355 e. The van der Waals surface area contributed by atoms with Gasteiger partial charge in [0.1, 0.15) is 0 Å². The molecule has 2 aliphatic rings. The predicted molar refractivity (Wildman–Crippen MR) is 103 cm³/mol. The third-order valence-electron chi connectivity index (χ3n) is 5.94. The highest BCUT2D eigenvalue weighted by molar-refractivity contribution is 5.93. The summed E-state index contributed by atoms with van der Waals surface area (Å²) in [6.07, 6.45) is 6.54. The Morgan fingerprint density at radius 2 is 1.81 bits per heavy atom. The van der Waals surface area contributed by atoms with Crippen molar-refractivity contribution in [3.63, 3.8) is 0 Å². The maximum Gasteiger partial charge on any atom is 0.251 e. The van der Waals surface area contributed by atoms with Crippen LogP contribution >= 0.6 is 0 Å². The molecular formula is C21H31N3O2. The number of benzene rings is 1. The molecule has 2 atom stereocenters. The summed E-state index contributed by atoms with van der Waals surface area (Å²) < 4.78 is 0. The van der Waals surface area contributed by atoms with E-state index in [-0.39, 0.29) is 11.8 Å². The lowest BCUT2D eigenvalue weighted by Gasteiger charge is -2.41. The first-order valence-electron chi connectivity index (χ1n) is 9.84. The predicted octanol–water partition coefficient (Wildman–Crippen LogP) is 2.52. The Labute approximate surface area is 156 Å². The van der Waals surface area contributed by atoms with Gasteiger partial charge in [0.15, 0.2) is 0 Å². The number of fused-ring (bicyclic) bond motifs is 1. The van der Waals surface area contributed by atoms with Crippen molar-refractivity contribution in [2.45, 2.75) is 38.6 Å². The van der Waals surface area contributed by atoms with Crippen molar-refractivity contribution < 1.29 is 9.59 Å². The number of hydrogen-bond donors (Lipinski definition) is 1. The van der Waals surface area contributed by atoms with Crippen LogP contribution in [0.5, 0.6) is 0 Å². The van der Waals surface area contributed by atoms with Gasteiger partial charge in [-0.05, 0) is 49.4 Å². The van der Waals surface area contributed by atoms with Crippen molar-refractivity contribution in [2.24, 2.45) is 11.8 Å². The molecule has 26 heavy (non-hydrogen) atoms. The zero-order valence-corrected chi connectivity index (χ0v) is 16.0. The van der Waals surface area contributed by atoms with Crippen molar-refractivity contribution in [1.29, 1.82) is 0 Å². The standard InChI is InChI=1S/C21H31N3O2/c1-22-21(26)18-9-7-16(8-10-18)13-23(2)15-20(25)24-12-11-17-5-3-4-6-19(17)14-24/h7-10,17,19H,3-6,11-15H2,1-2H3,(H,22,26)/t17-,19-/m1/s1. The van der Waals surface area contributed by atoms with Crippen LogP contribution in [-0.2, 0) is 11.3 Å². The molecule has 5 nitrogen and oxygen atoms in total. The molecule has 1 aliphatic carbocycles. The van der Waals surface area contributed by atoms with E-state index in [0.717, 1.165) is 30.5 Å². The zero-order valence-electron chi connectivity index (χ0n) is 16.0. The van der Waals surface area contributed by atoms with Crippen molar-refractivity contribution in [3.8, 4) is 0 Å². The van der Waals surface area contributed by atoms with E-state index < -0.39 is 0 Å². The highest BCUT2D eigenvalue weighted by Crippen LogP contribution is 2.36. The maximum absolute atomic E-state index is 12.7. The summed E-state index contributed by atoms with van der Waals surface area (Å²) >= 11 is 0. The van der Waals surface area contributed by atoms with Crippen LogP contribution < -0.4 is 5.32 Å². The molecule has 1 heterocycles. The largest absolute Gasteiger partial charge is 0.355 e. The fourth-order valence-electron chi connectivity index (χ4n) is 4.43. The second-order valence-corrected chi connectivity index (χ2v) is 7.88. The Morgan fingerprint density at radius 1 is 1.12 bits per heavy atom. The van der Waals surface area contributed by atoms with Crippen LogP contribution in [-0.4, -0.2) is 55.3 Å². The number of piperidine rings is 1. The highest BCUT2D eigenvalue weighted by Gasteiger charge is 2.32. The Hall–Kier alpha value is -1.88. The van der Waals surface area contributed by atoms with Gasteiger partial charge in [0, 0.05) is 32.2 Å². The fourth-order valence-corrected chi connectivity index (χ4v) is 4.43. The summed E-state index contributed by atoms with van der Waals surface area (Å²) in [5, 5.41) is 2.62. The third kappa shape index (κ3) is 4.64. The summed E-state index contributed by atoms with van der Waals surface area (Å²) in [5.74, 6) is 1.75. The lowest BCUT2D eigenvalue weighted by atomic mass is 9.75. The molecule has 1 aliphatic heterocycles. The Kier molecular flexibility index (Phi) is 6.30. The lowest BCUT2D eigenvalue weighted by molar-refractivity contribution is -0.135. The second kappa shape index (κ2) is 8.67. The highest BCUT2D eigenvalue weighted by atomic mass is 16.2. The zero-order chi connectivity index (χ0) is 18.5. The number of rotatable bonds is 5. The van der Waals surface area contributed by atoms with Gasteiger partial charge in [-0.1, -0.05) is 31.4 Å². The summed E-state index contributed by atoms with van der Waals surface area (Å²) in [7, 11) is 3.61. The van der Waals surface area contributed by atoms with Crippen molar-refractivity contribution >= 4 is 11.8 Å². The van der Waals surface area contributed by atoms with Gasteiger partial charge in [-0.25, -0.2) is 0 Å². The van der Waals surface area contributed by atoms with Crippen LogP contribution in [0, 0.1) is 11.8 Å². The van der Waals surface area contributed by atoms with Gasteiger partial charge in [0.25, 0.3) is 5.91 Å². The molecule has 1 saturated heterocycles. The minimum atomic E-state index is -0.0776. The number of amides is 2. The molecule has 1 saturated carbocycles. The quantitative estimate of drug-likeness (QED) is 0.881. The molecule has 3 rings (SSSR count). The van der Waals surface area contributed by atoms with E-state index in [1.807, 2.05) is 31.3 Å². The molecule has 0 unspecified atom stereocenters. The van der Waals surface area contributed by atoms with Gasteiger partial charge in [0.2, 0.25) is 5.91 Å². The van der Waals surface area contributed by atoms with Gasteiger partial charge in [-0.2, -0.15) is 0 Å². The van der Waals surface area contributed by atoms with Crippen LogP contribution in [0.15, 0.2) is 24.3 Å². The average molecular weight is 357 g/mol. The van der Waals surface area contributed by atoms with Crippen molar-refractivity contribution in [3.05, 3.63) is 35.4 Å². The van der Waals surface area contributed by atoms with E-state index in [4.69, 9.17) is 0 Å². The summed E-state index contributed by atoms with van der Waals surface area (Å²) in [5.41, 5.74) is 1.77. The molecule has 0 bridgehead atoms. The van der Waals surface area contributed by atoms with E-state index in [0.29, 0.717) is 18.7 Å². The second-order valence-electron chi connectivity index (χ2n) is 7.88.